The Hall–Kier alpha value is -2.72. The van der Waals surface area contributed by atoms with Gasteiger partial charge in [0.2, 0.25) is 0 Å². The first-order chi connectivity index (χ1) is 10.7. The second-order valence-corrected chi connectivity index (χ2v) is 4.79. The highest BCUT2D eigenvalue weighted by atomic mass is 19.4. The van der Waals surface area contributed by atoms with E-state index in [1.54, 1.807) is 6.08 Å². The van der Waals surface area contributed by atoms with Crippen LogP contribution in [-0.4, -0.2) is 22.8 Å². The van der Waals surface area contributed by atoms with E-state index in [0.29, 0.717) is 11.6 Å². The highest BCUT2D eigenvalue weighted by molar-refractivity contribution is 6.18. The van der Waals surface area contributed by atoms with Crippen molar-refractivity contribution in [2.45, 2.75) is 18.7 Å². The number of rotatable bonds is 3. The van der Waals surface area contributed by atoms with E-state index in [2.05, 4.69) is 0 Å². The molecule has 0 aliphatic heterocycles. The first-order valence-corrected chi connectivity index (χ1v) is 6.41. The van der Waals surface area contributed by atoms with E-state index in [4.69, 9.17) is 5.26 Å². The summed E-state index contributed by atoms with van der Waals surface area (Å²) in [5.41, 5.74) is -1.84. The summed E-state index contributed by atoms with van der Waals surface area (Å²) in [6, 6.07) is 7.38. The van der Waals surface area contributed by atoms with Crippen LogP contribution in [0.4, 0.5) is 13.2 Å². The first-order valence-electron chi connectivity index (χ1n) is 6.41. The third-order valence-corrected chi connectivity index (χ3v) is 3.27. The van der Waals surface area contributed by atoms with Crippen molar-refractivity contribution in [3.8, 4) is 6.07 Å². The van der Waals surface area contributed by atoms with Gasteiger partial charge in [0.25, 0.3) is 0 Å². The van der Waals surface area contributed by atoms with Crippen molar-refractivity contribution < 1.29 is 27.9 Å². The number of Topliss-reactive ketones (excluding diaryl/α,β-unsaturated/α-hetero) is 1. The molecule has 2 rings (SSSR count). The van der Waals surface area contributed by atoms with E-state index in [-0.39, 0.29) is 5.56 Å². The van der Waals surface area contributed by atoms with Crippen molar-refractivity contribution in [1.29, 1.82) is 5.26 Å². The van der Waals surface area contributed by atoms with Gasteiger partial charge in [0, 0.05) is 18.1 Å². The van der Waals surface area contributed by atoms with Gasteiger partial charge < -0.3 is 5.11 Å². The van der Waals surface area contributed by atoms with E-state index in [1.165, 1.54) is 24.3 Å². The van der Waals surface area contributed by atoms with Gasteiger partial charge in [0.05, 0.1) is 17.7 Å². The molecule has 0 spiro atoms. The summed E-state index contributed by atoms with van der Waals surface area (Å²) in [7, 11) is 0. The number of hydrogen-bond acceptors (Lipinski definition) is 4. The maximum Gasteiger partial charge on any atom is 0.420 e. The zero-order chi connectivity index (χ0) is 17.2. The largest absolute Gasteiger partial charge is 0.420 e. The molecule has 1 aliphatic carbocycles. The second kappa shape index (κ2) is 6.18. The zero-order valence-corrected chi connectivity index (χ0v) is 11.5. The minimum Gasteiger partial charge on any atom is -0.388 e. The lowest BCUT2D eigenvalue weighted by Crippen LogP contribution is -2.27. The predicted molar refractivity (Wildman–Crippen MR) is 71.6 cm³/mol. The van der Waals surface area contributed by atoms with E-state index in [1.807, 2.05) is 6.07 Å². The molecule has 0 aromatic heterocycles. The summed E-state index contributed by atoms with van der Waals surface area (Å²) in [5, 5.41) is 18.7. The second-order valence-electron chi connectivity index (χ2n) is 4.79. The van der Waals surface area contributed by atoms with Crippen LogP contribution >= 0.6 is 0 Å². The Bertz CT molecular complexity index is 752. The average Bonchev–Trinajstić information content (AvgIpc) is 2.49. The quantitative estimate of drug-likeness (QED) is 0.867. The molecule has 1 radical (unpaired) electrons. The number of ketones is 2. The molecular formula is C16H9F3NO3. The van der Waals surface area contributed by atoms with Gasteiger partial charge in [-0.25, -0.2) is 0 Å². The molecule has 1 unspecified atom stereocenters. The van der Waals surface area contributed by atoms with Crippen LogP contribution in [0.2, 0.25) is 0 Å². The summed E-state index contributed by atoms with van der Waals surface area (Å²) in [4.78, 5) is 23.1. The topological polar surface area (TPSA) is 78.2 Å². The fourth-order valence-corrected chi connectivity index (χ4v) is 2.14. The standard InChI is InChI=1S/C16H9F3NO3/c17-16(18,19)15-11(12(21)5-6-13(15)22)7-14(23)10-3-1-9(8-20)2-4-10/h1-5,14,23H,7H2. The number of benzene rings is 1. The number of nitrogens with zero attached hydrogens (tertiary/aromatic N) is 1. The van der Waals surface area contributed by atoms with Crippen molar-refractivity contribution in [3.05, 3.63) is 58.7 Å². The van der Waals surface area contributed by atoms with E-state index >= 15 is 0 Å². The van der Waals surface area contributed by atoms with Gasteiger partial charge in [0.15, 0.2) is 11.6 Å². The summed E-state index contributed by atoms with van der Waals surface area (Å²) in [6.45, 7) is 0. The Morgan fingerprint density at radius 3 is 2.35 bits per heavy atom. The summed E-state index contributed by atoms with van der Waals surface area (Å²) in [6.07, 6.45) is -4.71. The van der Waals surface area contributed by atoms with Gasteiger partial charge in [-0.15, -0.1) is 0 Å². The number of halogens is 3. The smallest absolute Gasteiger partial charge is 0.388 e. The molecule has 4 nitrogen and oxygen atoms in total. The fourth-order valence-electron chi connectivity index (χ4n) is 2.14. The molecule has 0 bridgehead atoms. The number of hydrogen-bond donors (Lipinski definition) is 1. The minimum absolute atomic E-state index is 0.233. The maximum atomic E-state index is 13.0. The van der Waals surface area contributed by atoms with Gasteiger partial charge in [-0.05, 0) is 23.8 Å². The van der Waals surface area contributed by atoms with Crippen LogP contribution in [0.15, 0.2) is 41.5 Å². The maximum absolute atomic E-state index is 13.0. The van der Waals surface area contributed by atoms with Gasteiger partial charge in [-0.3, -0.25) is 9.59 Å². The van der Waals surface area contributed by atoms with Gasteiger partial charge in [-0.2, -0.15) is 18.4 Å². The highest BCUT2D eigenvalue weighted by Gasteiger charge is 2.43. The Balaban J connectivity index is 2.36. The van der Waals surface area contributed by atoms with Crippen molar-refractivity contribution in [2.75, 3.05) is 0 Å². The van der Waals surface area contributed by atoms with Gasteiger partial charge >= 0.3 is 6.18 Å². The molecular weight excluding hydrogens is 311 g/mol. The van der Waals surface area contributed by atoms with Crippen LogP contribution in [0.25, 0.3) is 0 Å². The lowest BCUT2D eigenvalue weighted by atomic mass is 9.89. The molecule has 117 valence electrons. The zero-order valence-electron chi connectivity index (χ0n) is 11.5. The molecule has 1 aliphatic rings. The van der Waals surface area contributed by atoms with E-state index in [0.717, 1.165) is 0 Å². The number of nitriles is 1. The summed E-state index contributed by atoms with van der Waals surface area (Å²) in [5.74, 6) is -2.44. The van der Waals surface area contributed by atoms with Crippen molar-refractivity contribution in [2.24, 2.45) is 0 Å². The number of allylic oxidation sites excluding steroid dienone is 3. The number of alkyl halides is 3. The lowest BCUT2D eigenvalue weighted by Gasteiger charge is -2.19. The van der Waals surface area contributed by atoms with Crippen molar-refractivity contribution in [1.82, 2.24) is 0 Å². The monoisotopic (exact) mass is 320 g/mol. The first kappa shape index (κ1) is 16.6. The molecule has 1 atom stereocenters. The molecule has 7 heteroatoms. The van der Waals surface area contributed by atoms with E-state index in [9.17, 15) is 27.9 Å². The molecule has 0 fully saturated rings. The number of aliphatic hydroxyl groups excluding tert-OH is 1. The van der Waals surface area contributed by atoms with Crippen LogP contribution in [0, 0.1) is 17.4 Å². The Labute approximate surface area is 129 Å². The number of carbonyl (C=O) groups excluding carboxylic acids is 2. The summed E-state index contributed by atoms with van der Waals surface area (Å²) >= 11 is 0. The van der Waals surface area contributed by atoms with Crippen LogP contribution in [-0.2, 0) is 9.59 Å². The molecule has 0 saturated heterocycles. The predicted octanol–water partition coefficient (Wildman–Crippen LogP) is 2.35. The Morgan fingerprint density at radius 2 is 1.83 bits per heavy atom. The minimum atomic E-state index is -5.01. The molecule has 23 heavy (non-hydrogen) atoms. The van der Waals surface area contributed by atoms with Crippen LogP contribution < -0.4 is 0 Å². The SMILES string of the molecule is N#Cc1ccc(C(O)CC2=C(C(F)(F)F)C(=O)[C]=CC2=O)cc1. The van der Waals surface area contributed by atoms with Crippen molar-refractivity contribution >= 4 is 11.6 Å². The van der Waals surface area contributed by atoms with Crippen molar-refractivity contribution in [3.63, 3.8) is 0 Å². The third kappa shape index (κ3) is 3.55. The summed E-state index contributed by atoms with van der Waals surface area (Å²) < 4.78 is 38.9. The third-order valence-electron chi connectivity index (χ3n) is 3.27. The number of aliphatic hydroxyl groups is 1. The Kier molecular flexibility index (Phi) is 4.48. The molecule has 1 N–H and O–H groups in total. The molecule has 1 aromatic carbocycles. The average molecular weight is 320 g/mol. The van der Waals surface area contributed by atoms with Gasteiger partial charge in [-0.1, -0.05) is 12.1 Å². The van der Waals surface area contributed by atoms with Gasteiger partial charge in [0.1, 0.15) is 5.57 Å². The van der Waals surface area contributed by atoms with E-state index < -0.39 is 41.4 Å². The van der Waals surface area contributed by atoms with Crippen LogP contribution in [0.3, 0.4) is 0 Å². The lowest BCUT2D eigenvalue weighted by molar-refractivity contribution is -0.128. The highest BCUT2D eigenvalue weighted by Crippen LogP contribution is 2.35. The van der Waals surface area contributed by atoms with Crippen LogP contribution in [0.5, 0.6) is 0 Å². The Morgan fingerprint density at radius 1 is 1.22 bits per heavy atom. The molecule has 1 aromatic rings. The fraction of sp³-hybridized carbons (Fsp3) is 0.188. The molecule has 0 saturated carbocycles. The van der Waals surface area contributed by atoms with Crippen LogP contribution in [0.1, 0.15) is 23.7 Å². The molecule has 0 heterocycles. The normalized spacial score (nSPS) is 16.5. The molecule has 0 amide bonds. The number of carbonyl (C=O) groups is 2.